The minimum Gasteiger partial charge on any atom is -0.136 e. The molecule has 104 valence electrons. The van der Waals surface area contributed by atoms with Crippen molar-refractivity contribution in [3.05, 3.63) is 82.2 Å². The van der Waals surface area contributed by atoms with Crippen LogP contribution in [0.4, 0.5) is 0 Å². The van der Waals surface area contributed by atoms with Crippen LogP contribution in [-0.2, 0) is 6.42 Å². The zero-order chi connectivity index (χ0) is 14.5. The zero-order valence-electron chi connectivity index (χ0n) is 12.0. The molecule has 0 aliphatic heterocycles. The second-order valence-corrected chi connectivity index (χ2v) is 6.90. The topological polar surface area (TPSA) is 0 Å². The van der Waals surface area contributed by atoms with E-state index in [0.29, 0.717) is 0 Å². The molecule has 0 saturated heterocycles. The predicted molar refractivity (Wildman–Crippen MR) is 97.5 cm³/mol. The van der Waals surface area contributed by atoms with Crippen LogP contribution < -0.4 is 0 Å². The standard InChI is InChI=1S/C21H14S/c1-2-7-16-13-18-19(11-9-14(16)5-1)22-20-12-10-15-6-3-4-8-17(15)21(18)20/h1-12H,13H2. The van der Waals surface area contributed by atoms with Crippen LogP contribution >= 0.6 is 11.3 Å². The Hall–Kier alpha value is -2.38. The summed E-state index contributed by atoms with van der Waals surface area (Å²) in [5, 5.41) is 4.15. The Balaban J connectivity index is 1.89. The fourth-order valence-electron chi connectivity index (χ4n) is 3.47. The highest BCUT2D eigenvalue weighted by molar-refractivity contribution is 7.20. The minimum atomic E-state index is 1.02. The first-order chi connectivity index (χ1) is 10.9. The second-order valence-electron chi connectivity index (χ2n) is 5.81. The quantitative estimate of drug-likeness (QED) is 0.322. The van der Waals surface area contributed by atoms with Crippen molar-refractivity contribution in [2.45, 2.75) is 6.42 Å². The van der Waals surface area contributed by atoms with Crippen molar-refractivity contribution in [2.75, 3.05) is 0 Å². The smallest absolute Gasteiger partial charge is 0.0358 e. The number of fused-ring (bicyclic) bond motifs is 6. The normalized spacial score (nSPS) is 13.1. The number of thiophene rings is 1. The van der Waals surface area contributed by atoms with Gasteiger partial charge in [-0.05, 0) is 39.6 Å². The van der Waals surface area contributed by atoms with Gasteiger partial charge in [0.05, 0.1) is 0 Å². The molecule has 0 saturated carbocycles. The highest BCUT2D eigenvalue weighted by Gasteiger charge is 2.16. The van der Waals surface area contributed by atoms with E-state index in [4.69, 9.17) is 0 Å². The molecule has 1 aromatic heterocycles. The van der Waals surface area contributed by atoms with E-state index in [-0.39, 0.29) is 0 Å². The summed E-state index contributed by atoms with van der Waals surface area (Å²) in [6.45, 7) is 0. The van der Waals surface area contributed by atoms with E-state index in [1.807, 2.05) is 11.3 Å². The molecule has 1 aliphatic carbocycles. The molecule has 1 heterocycles. The fourth-order valence-corrected chi connectivity index (χ4v) is 4.62. The first kappa shape index (κ1) is 12.2. The Labute approximate surface area is 133 Å². The molecule has 4 aromatic rings. The Bertz CT molecular complexity index is 1050. The molecule has 3 aromatic carbocycles. The van der Waals surface area contributed by atoms with Crippen molar-refractivity contribution in [2.24, 2.45) is 0 Å². The SMILES string of the molecule is C1=Cc2sc3ccc4ccccc4c3c2Cc2ccccc21. The summed E-state index contributed by atoms with van der Waals surface area (Å²) in [6.07, 6.45) is 5.58. The van der Waals surface area contributed by atoms with Gasteiger partial charge in [0.15, 0.2) is 0 Å². The van der Waals surface area contributed by atoms with E-state index < -0.39 is 0 Å². The van der Waals surface area contributed by atoms with Crippen LogP contribution in [0.1, 0.15) is 21.6 Å². The number of hydrogen-bond acceptors (Lipinski definition) is 1. The van der Waals surface area contributed by atoms with Crippen LogP contribution in [0.15, 0.2) is 60.7 Å². The number of hydrogen-bond donors (Lipinski definition) is 0. The summed E-state index contributed by atoms with van der Waals surface area (Å²) in [5.41, 5.74) is 4.25. The highest BCUT2D eigenvalue weighted by atomic mass is 32.1. The van der Waals surface area contributed by atoms with Crippen molar-refractivity contribution >= 4 is 44.3 Å². The predicted octanol–water partition coefficient (Wildman–Crippen LogP) is 6.13. The molecule has 0 N–H and O–H groups in total. The van der Waals surface area contributed by atoms with Gasteiger partial charge in [-0.15, -0.1) is 11.3 Å². The van der Waals surface area contributed by atoms with E-state index in [0.717, 1.165) is 6.42 Å². The third kappa shape index (κ3) is 1.69. The highest BCUT2D eigenvalue weighted by Crippen LogP contribution is 2.40. The Kier molecular flexibility index (Phi) is 2.53. The summed E-state index contributed by atoms with van der Waals surface area (Å²) >= 11 is 1.91. The van der Waals surface area contributed by atoms with E-state index >= 15 is 0 Å². The second kappa shape index (κ2) is 4.56. The van der Waals surface area contributed by atoms with Crippen molar-refractivity contribution in [3.8, 4) is 0 Å². The molecule has 0 fully saturated rings. The Morgan fingerprint density at radius 1 is 0.773 bits per heavy atom. The van der Waals surface area contributed by atoms with Gasteiger partial charge in [-0.25, -0.2) is 0 Å². The summed E-state index contributed by atoms with van der Waals surface area (Å²) < 4.78 is 1.40. The van der Waals surface area contributed by atoms with Gasteiger partial charge in [-0.2, -0.15) is 0 Å². The van der Waals surface area contributed by atoms with E-state index in [2.05, 4.69) is 72.8 Å². The third-order valence-corrected chi connectivity index (χ3v) is 5.71. The van der Waals surface area contributed by atoms with E-state index in [1.165, 1.54) is 42.4 Å². The van der Waals surface area contributed by atoms with Gasteiger partial charge in [0.1, 0.15) is 0 Å². The van der Waals surface area contributed by atoms with Gasteiger partial charge in [0.2, 0.25) is 0 Å². The number of rotatable bonds is 0. The summed E-state index contributed by atoms with van der Waals surface area (Å²) in [4.78, 5) is 1.41. The largest absolute Gasteiger partial charge is 0.136 e. The molecule has 0 bridgehead atoms. The first-order valence-corrected chi connectivity index (χ1v) is 8.41. The maximum Gasteiger partial charge on any atom is 0.0358 e. The molecule has 1 heteroatoms. The van der Waals surface area contributed by atoms with Crippen LogP contribution in [-0.4, -0.2) is 0 Å². The van der Waals surface area contributed by atoms with E-state index in [9.17, 15) is 0 Å². The molecule has 5 rings (SSSR count). The molecule has 0 amide bonds. The molecule has 0 unspecified atom stereocenters. The molecular formula is C21H14S. The maximum atomic E-state index is 2.29. The molecule has 22 heavy (non-hydrogen) atoms. The number of benzene rings is 3. The Morgan fingerprint density at radius 3 is 2.64 bits per heavy atom. The van der Waals surface area contributed by atoms with E-state index in [1.54, 1.807) is 0 Å². The van der Waals surface area contributed by atoms with Crippen molar-refractivity contribution in [3.63, 3.8) is 0 Å². The van der Waals surface area contributed by atoms with Gasteiger partial charge in [0, 0.05) is 21.4 Å². The van der Waals surface area contributed by atoms with Crippen molar-refractivity contribution in [1.29, 1.82) is 0 Å². The van der Waals surface area contributed by atoms with Crippen LogP contribution in [0.3, 0.4) is 0 Å². The van der Waals surface area contributed by atoms with Crippen LogP contribution in [0.5, 0.6) is 0 Å². The lowest BCUT2D eigenvalue weighted by Crippen LogP contribution is -1.90. The lowest BCUT2D eigenvalue weighted by molar-refractivity contribution is 1.22. The molecule has 0 radical (unpaired) electrons. The van der Waals surface area contributed by atoms with Gasteiger partial charge >= 0.3 is 0 Å². The van der Waals surface area contributed by atoms with Gasteiger partial charge < -0.3 is 0 Å². The van der Waals surface area contributed by atoms with Crippen molar-refractivity contribution < 1.29 is 0 Å². The molecule has 0 atom stereocenters. The first-order valence-electron chi connectivity index (χ1n) is 7.59. The summed E-state index contributed by atoms with van der Waals surface area (Å²) in [5.74, 6) is 0. The lowest BCUT2D eigenvalue weighted by Gasteiger charge is -2.06. The van der Waals surface area contributed by atoms with Gasteiger partial charge in [0.25, 0.3) is 0 Å². The van der Waals surface area contributed by atoms with Gasteiger partial charge in [-0.1, -0.05) is 60.7 Å². The fraction of sp³-hybridized carbons (Fsp3) is 0.0476. The van der Waals surface area contributed by atoms with Crippen molar-refractivity contribution in [1.82, 2.24) is 0 Å². The molecule has 0 spiro atoms. The lowest BCUT2D eigenvalue weighted by atomic mass is 9.97. The average molecular weight is 298 g/mol. The molecular weight excluding hydrogens is 284 g/mol. The van der Waals surface area contributed by atoms with Crippen LogP contribution in [0.2, 0.25) is 0 Å². The zero-order valence-corrected chi connectivity index (χ0v) is 12.9. The summed E-state index contributed by atoms with van der Waals surface area (Å²) in [6, 6.07) is 22.0. The third-order valence-electron chi connectivity index (χ3n) is 4.55. The average Bonchev–Trinajstić information content (AvgIpc) is 2.82. The monoisotopic (exact) mass is 298 g/mol. The van der Waals surface area contributed by atoms with Crippen LogP contribution in [0, 0.1) is 0 Å². The molecule has 0 nitrogen and oxygen atoms in total. The maximum absolute atomic E-state index is 2.29. The van der Waals surface area contributed by atoms with Gasteiger partial charge in [-0.3, -0.25) is 0 Å². The minimum absolute atomic E-state index is 1.02. The Morgan fingerprint density at radius 2 is 1.64 bits per heavy atom. The summed E-state index contributed by atoms with van der Waals surface area (Å²) in [7, 11) is 0. The molecule has 1 aliphatic rings. The van der Waals surface area contributed by atoms with Crippen LogP contribution in [0.25, 0.3) is 33.0 Å².